The van der Waals surface area contributed by atoms with Gasteiger partial charge in [-0.2, -0.15) is 0 Å². The van der Waals surface area contributed by atoms with Gasteiger partial charge in [0.05, 0.1) is 4.90 Å². The first-order chi connectivity index (χ1) is 11.8. The smallest absolute Gasteiger partial charge is 0.240 e. The summed E-state index contributed by atoms with van der Waals surface area (Å²) in [7, 11) is -2.03. The molecule has 0 aliphatic rings. The number of carbonyl (C=O) groups is 1. The molecule has 0 aromatic heterocycles. The van der Waals surface area contributed by atoms with E-state index in [2.05, 4.69) is 20.7 Å². The number of halogens is 2. The van der Waals surface area contributed by atoms with Crippen LogP contribution < -0.4 is 4.72 Å². The predicted molar refractivity (Wildman–Crippen MR) is 96.8 cm³/mol. The van der Waals surface area contributed by atoms with Gasteiger partial charge in [0.15, 0.2) is 0 Å². The van der Waals surface area contributed by atoms with Gasteiger partial charge in [-0.15, -0.1) is 0 Å². The van der Waals surface area contributed by atoms with E-state index in [4.69, 9.17) is 0 Å². The van der Waals surface area contributed by atoms with Crippen LogP contribution in [0.4, 0.5) is 4.39 Å². The number of sulfonamides is 1. The van der Waals surface area contributed by atoms with Crippen LogP contribution in [0.5, 0.6) is 0 Å². The van der Waals surface area contributed by atoms with Crippen molar-refractivity contribution >= 4 is 31.9 Å². The number of nitrogens with one attached hydrogen (secondary N) is 1. The molecule has 1 amide bonds. The van der Waals surface area contributed by atoms with E-state index >= 15 is 0 Å². The summed E-state index contributed by atoms with van der Waals surface area (Å²) in [5, 5.41) is 0. The minimum atomic E-state index is -3.65. The molecular formula is C17H18BrFN2O3S. The van der Waals surface area contributed by atoms with Crippen LogP contribution in [0.3, 0.4) is 0 Å². The SMILES string of the molecule is CN(Cc1ccc(F)cc1)C(=O)CCNS(=O)(=O)c1ccc(Br)cc1. The van der Waals surface area contributed by atoms with Crippen LogP contribution in [0.1, 0.15) is 12.0 Å². The quantitative estimate of drug-likeness (QED) is 0.736. The first-order valence-corrected chi connectivity index (χ1v) is 9.79. The monoisotopic (exact) mass is 428 g/mol. The molecule has 1 N–H and O–H groups in total. The number of hydrogen-bond acceptors (Lipinski definition) is 3. The Morgan fingerprint density at radius 3 is 2.32 bits per heavy atom. The van der Waals surface area contributed by atoms with Gasteiger partial charge in [0.2, 0.25) is 15.9 Å². The third-order valence-electron chi connectivity index (χ3n) is 3.51. The molecule has 0 bridgehead atoms. The summed E-state index contributed by atoms with van der Waals surface area (Å²) in [6.45, 7) is 0.337. The van der Waals surface area contributed by atoms with Gasteiger partial charge in [-0.1, -0.05) is 28.1 Å². The molecule has 0 atom stereocenters. The van der Waals surface area contributed by atoms with Crippen molar-refractivity contribution in [3.8, 4) is 0 Å². The van der Waals surface area contributed by atoms with Crippen LogP contribution in [0.15, 0.2) is 57.9 Å². The Labute approximate surface area is 155 Å². The van der Waals surface area contributed by atoms with E-state index in [0.717, 1.165) is 10.0 Å². The molecule has 134 valence electrons. The fourth-order valence-electron chi connectivity index (χ4n) is 2.13. The minimum Gasteiger partial charge on any atom is -0.341 e. The third kappa shape index (κ3) is 5.91. The van der Waals surface area contributed by atoms with Crippen LogP contribution >= 0.6 is 15.9 Å². The standard InChI is InChI=1S/C17H18BrFN2O3S/c1-21(12-13-2-6-15(19)7-3-13)17(22)10-11-20-25(23,24)16-8-4-14(18)5-9-16/h2-9,20H,10-12H2,1H3. The molecule has 8 heteroatoms. The summed E-state index contributed by atoms with van der Waals surface area (Å²) in [5.74, 6) is -0.539. The summed E-state index contributed by atoms with van der Waals surface area (Å²) in [6.07, 6.45) is 0.0352. The summed E-state index contributed by atoms with van der Waals surface area (Å²) >= 11 is 3.24. The molecule has 0 heterocycles. The Kier molecular flexibility index (Phi) is 6.69. The highest BCUT2D eigenvalue weighted by atomic mass is 79.9. The van der Waals surface area contributed by atoms with Crippen LogP contribution in [0.25, 0.3) is 0 Å². The van der Waals surface area contributed by atoms with Gasteiger partial charge in [0.1, 0.15) is 5.82 Å². The zero-order valence-electron chi connectivity index (χ0n) is 13.6. The molecular weight excluding hydrogens is 411 g/mol. The van der Waals surface area contributed by atoms with Crippen LogP contribution in [-0.4, -0.2) is 32.8 Å². The van der Waals surface area contributed by atoms with E-state index in [1.165, 1.54) is 29.2 Å². The molecule has 2 rings (SSSR count). The lowest BCUT2D eigenvalue weighted by Crippen LogP contribution is -2.31. The number of amides is 1. The minimum absolute atomic E-state index is 0.00495. The van der Waals surface area contributed by atoms with Gasteiger partial charge in [-0.05, 0) is 42.0 Å². The maximum absolute atomic E-state index is 12.9. The molecule has 0 saturated heterocycles. The lowest BCUT2D eigenvalue weighted by molar-refractivity contribution is -0.130. The first kappa shape index (κ1) is 19.6. The molecule has 0 aliphatic heterocycles. The molecule has 25 heavy (non-hydrogen) atoms. The maximum atomic E-state index is 12.9. The molecule has 5 nitrogen and oxygen atoms in total. The van der Waals surface area contributed by atoms with Gasteiger partial charge in [-0.3, -0.25) is 4.79 Å². The number of benzene rings is 2. The van der Waals surface area contributed by atoms with Crippen LogP contribution in [0, 0.1) is 5.82 Å². The molecule has 0 aliphatic carbocycles. The van der Waals surface area contributed by atoms with Crippen molar-refractivity contribution in [1.29, 1.82) is 0 Å². The lowest BCUT2D eigenvalue weighted by Gasteiger charge is -2.17. The summed E-state index contributed by atoms with van der Waals surface area (Å²) < 4.78 is 40.3. The zero-order valence-corrected chi connectivity index (χ0v) is 16.0. The van der Waals surface area contributed by atoms with E-state index < -0.39 is 10.0 Å². The van der Waals surface area contributed by atoms with Crippen molar-refractivity contribution in [1.82, 2.24) is 9.62 Å². The summed E-state index contributed by atoms with van der Waals surface area (Å²) in [4.78, 5) is 13.7. The molecule has 0 spiro atoms. The highest BCUT2D eigenvalue weighted by molar-refractivity contribution is 9.10. The highest BCUT2D eigenvalue weighted by Gasteiger charge is 2.15. The maximum Gasteiger partial charge on any atom is 0.240 e. The molecule has 0 saturated carbocycles. The van der Waals surface area contributed by atoms with Gasteiger partial charge >= 0.3 is 0 Å². The van der Waals surface area contributed by atoms with Crippen molar-refractivity contribution in [2.45, 2.75) is 17.9 Å². The van der Waals surface area contributed by atoms with Crippen molar-refractivity contribution in [2.24, 2.45) is 0 Å². The molecule has 0 unspecified atom stereocenters. The molecule has 2 aromatic carbocycles. The Bertz CT molecular complexity index is 824. The highest BCUT2D eigenvalue weighted by Crippen LogP contribution is 2.14. The number of nitrogens with zero attached hydrogens (tertiary/aromatic N) is 1. The second kappa shape index (κ2) is 8.55. The van der Waals surface area contributed by atoms with Crippen molar-refractivity contribution in [3.63, 3.8) is 0 Å². The largest absolute Gasteiger partial charge is 0.341 e. The van der Waals surface area contributed by atoms with Gasteiger partial charge in [-0.25, -0.2) is 17.5 Å². The number of carbonyl (C=O) groups excluding carboxylic acids is 1. The van der Waals surface area contributed by atoms with E-state index in [1.807, 2.05) is 0 Å². The van der Waals surface area contributed by atoms with Crippen molar-refractivity contribution < 1.29 is 17.6 Å². The zero-order chi connectivity index (χ0) is 18.4. The Balaban J connectivity index is 1.84. The molecule has 0 fully saturated rings. The normalized spacial score (nSPS) is 11.3. The van der Waals surface area contributed by atoms with Crippen LogP contribution in [-0.2, 0) is 21.4 Å². The first-order valence-electron chi connectivity index (χ1n) is 7.51. The second-order valence-corrected chi connectivity index (χ2v) is 8.16. The predicted octanol–water partition coefficient (Wildman–Crippen LogP) is 2.92. The Morgan fingerprint density at radius 2 is 1.72 bits per heavy atom. The summed E-state index contributed by atoms with van der Waals surface area (Å²) in [6, 6.07) is 12.1. The van der Waals surface area contributed by atoms with Gasteiger partial charge in [0, 0.05) is 31.0 Å². The average Bonchev–Trinajstić information content (AvgIpc) is 2.57. The van der Waals surface area contributed by atoms with Crippen LogP contribution in [0.2, 0.25) is 0 Å². The molecule has 2 aromatic rings. The topological polar surface area (TPSA) is 66.5 Å². The van der Waals surface area contributed by atoms with Gasteiger partial charge in [0.25, 0.3) is 0 Å². The molecule has 0 radical (unpaired) electrons. The lowest BCUT2D eigenvalue weighted by atomic mass is 10.2. The second-order valence-electron chi connectivity index (χ2n) is 5.48. The number of hydrogen-bond donors (Lipinski definition) is 1. The fraction of sp³-hybridized carbons (Fsp3) is 0.235. The number of rotatable bonds is 7. The van der Waals surface area contributed by atoms with Crippen molar-refractivity contribution in [3.05, 3.63) is 64.4 Å². The van der Waals surface area contributed by atoms with E-state index in [0.29, 0.717) is 6.54 Å². The third-order valence-corrected chi connectivity index (χ3v) is 5.52. The van der Waals surface area contributed by atoms with E-state index in [1.54, 1.807) is 31.3 Å². The van der Waals surface area contributed by atoms with Crippen molar-refractivity contribution in [2.75, 3.05) is 13.6 Å². The average molecular weight is 429 g/mol. The Morgan fingerprint density at radius 1 is 1.12 bits per heavy atom. The van der Waals surface area contributed by atoms with E-state index in [-0.39, 0.29) is 29.6 Å². The fourth-order valence-corrected chi connectivity index (χ4v) is 3.43. The Hall–Kier alpha value is -1.77. The van der Waals surface area contributed by atoms with Gasteiger partial charge < -0.3 is 4.90 Å². The summed E-state index contributed by atoms with van der Waals surface area (Å²) in [5.41, 5.74) is 0.799. The van der Waals surface area contributed by atoms with E-state index in [9.17, 15) is 17.6 Å².